The lowest BCUT2D eigenvalue weighted by Gasteiger charge is -2.26. The molecule has 1 aromatic carbocycles. The summed E-state index contributed by atoms with van der Waals surface area (Å²) in [5.41, 5.74) is 1.41. The van der Waals surface area contributed by atoms with Crippen LogP contribution >= 0.6 is 0 Å². The number of nitrogens with zero attached hydrogens (tertiary/aromatic N) is 1. The Morgan fingerprint density at radius 1 is 1.30 bits per heavy atom. The van der Waals surface area contributed by atoms with Crippen LogP contribution in [-0.2, 0) is 9.59 Å². The van der Waals surface area contributed by atoms with Crippen molar-refractivity contribution in [2.24, 2.45) is 5.92 Å². The van der Waals surface area contributed by atoms with E-state index in [2.05, 4.69) is 5.32 Å². The van der Waals surface area contributed by atoms with E-state index in [9.17, 15) is 9.59 Å². The first kappa shape index (κ1) is 15.8. The second-order valence-electron chi connectivity index (χ2n) is 6.51. The van der Waals surface area contributed by atoms with Gasteiger partial charge in [-0.25, -0.2) is 0 Å². The fourth-order valence-corrected chi connectivity index (χ4v) is 3.38. The molecule has 1 aliphatic heterocycles. The van der Waals surface area contributed by atoms with Crippen molar-refractivity contribution >= 4 is 23.2 Å². The number of benzene rings is 1. The van der Waals surface area contributed by atoms with Crippen molar-refractivity contribution in [1.82, 2.24) is 0 Å². The minimum absolute atomic E-state index is 0.0428. The van der Waals surface area contributed by atoms with Crippen molar-refractivity contribution in [3.63, 3.8) is 0 Å². The Morgan fingerprint density at radius 2 is 2.09 bits per heavy atom. The van der Waals surface area contributed by atoms with Gasteiger partial charge in [0.25, 0.3) is 5.91 Å². The number of likely N-dealkylation sites (N-methyl/N-ethyl adjacent to an activating group) is 1. The maximum atomic E-state index is 12.1. The lowest BCUT2D eigenvalue weighted by molar-refractivity contribution is -0.121. The topological polar surface area (TPSA) is 58.6 Å². The largest absolute Gasteiger partial charge is 0.482 e. The first-order chi connectivity index (χ1) is 11.1. The molecule has 0 radical (unpaired) electrons. The van der Waals surface area contributed by atoms with Crippen LogP contribution in [0, 0.1) is 5.92 Å². The van der Waals surface area contributed by atoms with Gasteiger partial charge in [0.1, 0.15) is 5.75 Å². The Balaban J connectivity index is 1.57. The van der Waals surface area contributed by atoms with E-state index < -0.39 is 0 Å². The fourth-order valence-electron chi connectivity index (χ4n) is 3.38. The Labute approximate surface area is 137 Å². The van der Waals surface area contributed by atoms with Gasteiger partial charge in [0, 0.05) is 19.2 Å². The van der Waals surface area contributed by atoms with Gasteiger partial charge in [-0.15, -0.1) is 0 Å². The summed E-state index contributed by atoms with van der Waals surface area (Å²) < 4.78 is 5.39. The quantitative estimate of drug-likeness (QED) is 0.927. The predicted octanol–water partition coefficient (Wildman–Crippen LogP) is 3.34. The molecular weight excluding hydrogens is 292 g/mol. The average molecular weight is 316 g/mol. The van der Waals surface area contributed by atoms with Crippen LogP contribution in [0.15, 0.2) is 18.2 Å². The molecule has 1 aromatic rings. The van der Waals surface area contributed by atoms with E-state index in [0.717, 1.165) is 6.42 Å². The average Bonchev–Trinajstić information content (AvgIpc) is 2.58. The van der Waals surface area contributed by atoms with Crippen LogP contribution in [0.25, 0.3) is 0 Å². The van der Waals surface area contributed by atoms with E-state index in [1.807, 2.05) is 6.07 Å². The van der Waals surface area contributed by atoms with Crippen LogP contribution in [0.5, 0.6) is 5.75 Å². The molecule has 1 heterocycles. The van der Waals surface area contributed by atoms with Crippen molar-refractivity contribution in [1.29, 1.82) is 0 Å². The Kier molecular flexibility index (Phi) is 4.84. The molecule has 23 heavy (non-hydrogen) atoms. The van der Waals surface area contributed by atoms with Gasteiger partial charge in [-0.2, -0.15) is 0 Å². The number of hydrogen-bond acceptors (Lipinski definition) is 3. The first-order valence-electron chi connectivity index (χ1n) is 8.47. The monoisotopic (exact) mass is 316 g/mol. The highest BCUT2D eigenvalue weighted by molar-refractivity contribution is 5.99. The summed E-state index contributed by atoms with van der Waals surface area (Å²) in [6.07, 6.45) is 8.00. The molecule has 5 heteroatoms. The van der Waals surface area contributed by atoms with Gasteiger partial charge >= 0.3 is 0 Å². The number of amides is 2. The SMILES string of the molecule is CN1C(=O)COc2ccc(NC(=O)CCC3CCCCC3)cc21. The molecule has 0 aromatic heterocycles. The number of anilines is 2. The van der Waals surface area contributed by atoms with E-state index in [1.165, 1.54) is 32.1 Å². The zero-order chi connectivity index (χ0) is 16.2. The molecule has 1 N–H and O–H groups in total. The minimum Gasteiger partial charge on any atom is -0.482 e. The lowest BCUT2D eigenvalue weighted by Crippen LogP contribution is -2.35. The first-order valence-corrected chi connectivity index (χ1v) is 8.47. The predicted molar refractivity (Wildman–Crippen MR) is 89.8 cm³/mol. The van der Waals surface area contributed by atoms with Gasteiger partial charge in [0.15, 0.2) is 6.61 Å². The van der Waals surface area contributed by atoms with Gasteiger partial charge in [-0.3, -0.25) is 9.59 Å². The summed E-state index contributed by atoms with van der Waals surface area (Å²) in [5.74, 6) is 1.34. The number of fused-ring (bicyclic) bond motifs is 1. The normalized spacial score (nSPS) is 18.3. The summed E-state index contributed by atoms with van der Waals surface area (Å²) in [7, 11) is 1.72. The van der Waals surface area contributed by atoms with Gasteiger partial charge in [-0.05, 0) is 30.5 Å². The van der Waals surface area contributed by atoms with Gasteiger partial charge in [0.2, 0.25) is 5.91 Å². The van der Waals surface area contributed by atoms with Gasteiger partial charge in [-0.1, -0.05) is 32.1 Å². The van der Waals surface area contributed by atoms with Crippen molar-refractivity contribution in [3.05, 3.63) is 18.2 Å². The third-order valence-corrected chi connectivity index (χ3v) is 4.83. The highest BCUT2D eigenvalue weighted by Crippen LogP contribution is 2.34. The third-order valence-electron chi connectivity index (χ3n) is 4.83. The van der Waals surface area contributed by atoms with Crippen molar-refractivity contribution in [2.75, 3.05) is 23.9 Å². The minimum atomic E-state index is -0.0849. The molecule has 0 spiro atoms. The molecule has 5 nitrogen and oxygen atoms in total. The van der Waals surface area contributed by atoms with Crippen LogP contribution in [0.3, 0.4) is 0 Å². The highest BCUT2D eigenvalue weighted by Gasteiger charge is 2.22. The van der Waals surface area contributed by atoms with Gasteiger partial charge < -0.3 is 15.0 Å². The molecule has 0 atom stereocenters. The smallest absolute Gasteiger partial charge is 0.264 e. The number of carbonyl (C=O) groups is 2. The second-order valence-corrected chi connectivity index (χ2v) is 6.51. The number of hydrogen-bond donors (Lipinski definition) is 1. The number of rotatable bonds is 4. The number of carbonyl (C=O) groups excluding carboxylic acids is 2. The fraction of sp³-hybridized carbons (Fsp3) is 0.556. The zero-order valence-corrected chi connectivity index (χ0v) is 13.6. The summed E-state index contributed by atoms with van der Waals surface area (Å²) in [4.78, 5) is 25.4. The van der Waals surface area contributed by atoms with Crippen LogP contribution < -0.4 is 15.0 Å². The number of nitrogens with one attached hydrogen (secondary N) is 1. The van der Waals surface area contributed by atoms with E-state index >= 15 is 0 Å². The van der Waals surface area contributed by atoms with Crippen LogP contribution in [0.4, 0.5) is 11.4 Å². The van der Waals surface area contributed by atoms with E-state index in [-0.39, 0.29) is 18.4 Å². The Morgan fingerprint density at radius 3 is 2.87 bits per heavy atom. The summed E-state index contributed by atoms with van der Waals surface area (Å²) >= 11 is 0. The molecule has 3 rings (SSSR count). The molecule has 2 amide bonds. The maximum absolute atomic E-state index is 12.1. The molecule has 1 saturated carbocycles. The number of ether oxygens (including phenoxy) is 1. The van der Waals surface area contributed by atoms with Crippen molar-refractivity contribution < 1.29 is 14.3 Å². The van der Waals surface area contributed by atoms with E-state index in [4.69, 9.17) is 4.74 Å². The molecule has 2 aliphatic rings. The van der Waals surface area contributed by atoms with Crippen LogP contribution in [-0.4, -0.2) is 25.5 Å². The van der Waals surface area contributed by atoms with Crippen molar-refractivity contribution in [2.45, 2.75) is 44.9 Å². The van der Waals surface area contributed by atoms with Gasteiger partial charge in [0.05, 0.1) is 5.69 Å². The molecule has 0 saturated heterocycles. The lowest BCUT2D eigenvalue weighted by atomic mass is 9.86. The molecule has 1 aliphatic carbocycles. The highest BCUT2D eigenvalue weighted by atomic mass is 16.5. The Hall–Kier alpha value is -2.04. The molecule has 1 fully saturated rings. The standard InChI is InChI=1S/C18H24N2O3/c1-20-15-11-14(8-9-16(15)23-12-18(20)22)19-17(21)10-7-13-5-3-2-4-6-13/h8-9,11,13H,2-7,10,12H2,1H3,(H,19,21). The van der Waals surface area contributed by atoms with Crippen LogP contribution in [0.1, 0.15) is 44.9 Å². The molecule has 0 bridgehead atoms. The zero-order valence-electron chi connectivity index (χ0n) is 13.6. The van der Waals surface area contributed by atoms with Crippen LogP contribution in [0.2, 0.25) is 0 Å². The van der Waals surface area contributed by atoms with Crippen molar-refractivity contribution in [3.8, 4) is 5.75 Å². The molecular formula is C18H24N2O3. The second kappa shape index (κ2) is 7.02. The molecule has 0 unspecified atom stereocenters. The maximum Gasteiger partial charge on any atom is 0.264 e. The molecule has 124 valence electrons. The summed E-state index contributed by atoms with van der Waals surface area (Å²) in [6, 6.07) is 5.42. The summed E-state index contributed by atoms with van der Waals surface area (Å²) in [6.45, 7) is 0.0661. The van der Waals surface area contributed by atoms with E-state index in [1.54, 1.807) is 24.1 Å². The Bertz CT molecular complexity index is 594. The van der Waals surface area contributed by atoms with E-state index in [0.29, 0.717) is 29.5 Å². The third kappa shape index (κ3) is 3.84. The summed E-state index contributed by atoms with van der Waals surface area (Å²) in [5, 5.41) is 2.93.